The quantitative estimate of drug-likeness (QED) is 0.288. The molecule has 10 heteroatoms. The lowest BCUT2D eigenvalue weighted by Gasteiger charge is -2.17. The lowest BCUT2D eigenvalue weighted by molar-refractivity contribution is -0.117. The fourth-order valence-corrected chi connectivity index (χ4v) is 4.74. The molecule has 2 aliphatic rings. The summed E-state index contributed by atoms with van der Waals surface area (Å²) in [4.78, 5) is 39.2. The molecule has 0 bridgehead atoms. The lowest BCUT2D eigenvalue weighted by Crippen LogP contribution is -2.44. The first kappa shape index (κ1) is 22.4. The number of rotatable bonds is 6. The Morgan fingerprint density at radius 2 is 2.00 bits per heavy atom. The average Bonchev–Trinajstić information content (AvgIpc) is 3.30. The molecular weight excluding hydrogens is 449 g/mol. The third-order valence-corrected chi connectivity index (χ3v) is 7.33. The Labute approximate surface area is 192 Å². The summed E-state index contributed by atoms with van der Waals surface area (Å²) in [6, 6.07) is 5.23. The summed E-state index contributed by atoms with van der Waals surface area (Å²) in [6.45, 7) is 2.30. The molecule has 168 valence electrons. The van der Waals surface area contributed by atoms with Crippen LogP contribution in [0.4, 0.5) is 5.69 Å². The number of ketones is 1. The summed E-state index contributed by atoms with van der Waals surface area (Å²) in [6.07, 6.45) is 3.91. The standard InChI is InChI=1S/C22H25ClN5O3P/c1-11-16(18(29)21(31)27-22(7-8-22)15(25)10-24)14-6-3-9-28(14)17(11)20(30)26-13-5-2-4-12(23)19(13)32/h2,4-5,10H,3,6-9,24-25,32H2,1H3,(H,26,30)(H,27,31)/b15-10-. The summed E-state index contributed by atoms with van der Waals surface area (Å²) in [5, 5.41) is 6.80. The number of halogens is 1. The smallest absolute Gasteiger partial charge is 0.293 e. The van der Waals surface area contributed by atoms with E-state index in [1.807, 2.05) is 4.57 Å². The zero-order chi connectivity index (χ0) is 23.2. The number of hydrogen-bond acceptors (Lipinski definition) is 5. The maximum Gasteiger partial charge on any atom is 0.293 e. The van der Waals surface area contributed by atoms with Crippen molar-refractivity contribution in [3.63, 3.8) is 0 Å². The van der Waals surface area contributed by atoms with E-state index in [0.29, 0.717) is 64.5 Å². The van der Waals surface area contributed by atoms with Gasteiger partial charge in [0.25, 0.3) is 17.6 Å². The molecule has 1 aromatic carbocycles. The second kappa shape index (κ2) is 8.26. The minimum atomic E-state index is -0.750. The van der Waals surface area contributed by atoms with Gasteiger partial charge < -0.3 is 26.7 Å². The Bertz CT molecular complexity index is 1180. The number of hydrogen-bond donors (Lipinski definition) is 4. The third-order valence-electron chi connectivity index (χ3n) is 6.19. The molecule has 2 amide bonds. The monoisotopic (exact) mass is 473 g/mol. The van der Waals surface area contributed by atoms with E-state index in [9.17, 15) is 14.4 Å². The maximum atomic E-state index is 13.2. The molecule has 6 N–H and O–H groups in total. The molecule has 0 radical (unpaired) electrons. The van der Waals surface area contributed by atoms with Crippen LogP contribution in [0.25, 0.3) is 0 Å². The molecule has 1 saturated carbocycles. The predicted octanol–water partition coefficient (Wildman–Crippen LogP) is 1.74. The SMILES string of the molecule is Cc1c(C(=O)C(=O)NC2(/C(N)=C/N)CC2)c2n(c1C(=O)Nc1cccc(Cl)c1P)CCC2. The fourth-order valence-electron chi connectivity index (χ4n) is 4.30. The number of aromatic nitrogens is 1. The van der Waals surface area contributed by atoms with Gasteiger partial charge in [0, 0.05) is 40.2 Å². The highest BCUT2D eigenvalue weighted by molar-refractivity contribution is 7.28. The highest BCUT2D eigenvalue weighted by Crippen LogP contribution is 2.40. The number of amides is 2. The molecule has 1 aromatic heterocycles. The molecule has 8 nitrogen and oxygen atoms in total. The van der Waals surface area contributed by atoms with Gasteiger partial charge in [-0.15, -0.1) is 9.24 Å². The number of nitrogens with two attached hydrogens (primary N) is 2. The van der Waals surface area contributed by atoms with E-state index in [1.165, 1.54) is 6.20 Å². The summed E-state index contributed by atoms with van der Waals surface area (Å²) in [7, 11) is 2.51. The van der Waals surface area contributed by atoms with Gasteiger partial charge in [-0.25, -0.2) is 0 Å². The number of fused-ring (bicyclic) bond motifs is 1. The van der Waals surface area contributed by atoms with Gasteiger partial charge in [0.1, 0.15) is 5.69 Å². The molecule has 4 rings (SSSR count). The largest absolute Gasteiger partial charge is 0.403 e. The molecule has 2 aromatic rings. The minimum Gasteiger partial charge on any atom is -0.403 e. The zero-order valence-corrected chi connectivity index (χ0v) is 19.5. The Morgan fingerprint density at radius 1 is 1.28 bits per heavy atom. The fraction of sp³-hybridized carbons (Fsp3) is 0.318. The second-order valence-electron chi connectivity index (χ2n) is 8.19. The number of carbonyl (C=O) groups is 3. The summed E-state index contributed by atoms with van der Waals surface area (Å²) >= 11 is 6.15. The number of nitrogens with zero attached hydrogens (tertiary/aromatic N) is 1. The highest BCUT2D eigenvalue weighted by atomic mass is 35.5. The first-order chi connectivity index (χ1) is 15.2. The number of nitrogens with one attached hydrogen (secondary N) is 2. The Balaban J connectivity index is 1.65. The van der Waals surface area contributed by atoms with Gasteiger partial charge in [0.2, 0.25) is 0 Å². The van der Waals surface area contributed by atoms with Crippen LogP contribution >= 0.6 is 20.8 Å². The van der Waals surface area contributed by atoms with Gasteiger partial charge in [-0.2, -0.15) is 0 Å². The predicted molar refractivity (Wildman–Crippen MR) is 127 cm³/mol. The van der Waals surface area contributed by atoms with Crippen molar-refractivity contribution in [3.8, 4) is 0 Å². The van der Waals surface area contributed by atoms with E-state index in [-0.39, 0.29) is 11.5 Å². The molecular formula is C22H25ClN5O3P. The second-order valence-corrected chi connectivity index (χ2v) is 9.18. The van der Waals surface area contributed by atoms with Crippen LogP contribution in [0.3, 0.4) is 0 Å². The molecule has 1 aliphatic heterocycles. The molecule has 1 atom stereocenters. The highest BCUT2D eigenvalue weighted by Gasteiger charge is 2.48. The first-order valence-electron chi connectivity index (χ1n) is 10.3. The molecule has 1 fully saturated rings. The van der Waals surface area contributed by atoms with E-state index in [1.54, 1.807) is 25.1 Å². The van der Waals surface area contributed by atoms with Gasteiger partial charge >= 0.3 is 0 Å². The van der Waals surface area contributed by atoms with Gasteiger partial charge in [-0.3, -0.25) is 14.4 Å². The van der Waals surface area contributed by atoms with Gasteiger partial charge in [-0.05, 0) is 50.3 Å². The van der Waals surface area contributed by atoms with E-state index in [0.717, 1.165) is 6.42 Å². The van der Waals surface area contributed by atoms with Crippen molar-refractivity contribution in [1.82, 2.24) is 9.88 Å². The molecule has 32 heavy (non-hydrogen) atoms. The van der Waals surface area contributed by atoms with E-state index >= 15 is 0 Å². The zero-order valence-electron chi connectivity index (χ0n) is 17.6. The van der Waals surface area contributed by atoms with E-state index in [2.05, 4.69) is 19.9 Å². The van der Waals surface area contributed by atoms with Gasteiger partial charge in [0.15, 0.2) is 0 Å². The summed E-state index contributed by atoms with van der Waals surface area (Å²) < 4.78 is 1.83. The topological polar surface area (TPSA) is 132 Å². The number of anilines is 1. The first-order valence-corrected chi connectivity index (χ1v) is 11.3. The summed E-state index contributed by atoms with van der Waals surface area (Å²) in [5.41, 5.74) is 13.4. The molecule has 0 spiro atoms. The van der Waals surface area contributed by atoms with Crippen LogP contribution in [0.15, 0.2) is 30.1 Å². The van der Waals surface area contributed by atoms with Gasteiger partial charge in [-0.1, -0.05) is 17.7 Å². The Hall–Kier alpha value is -2.83. The number of carbonyl (C=O) groups excluding carboxylic acids is 3. The molecule has 0 saturated heterocycles. The van der Waals surface area contributed by atoms with Crippen LogP contribution in [-0.2, 0) is 17.8 Å². The normalized spacial score (nSPS) is 16.4. The summed E-state index contributed by atoms with van der Waals surface area (Å²) in [5.74, 6) is -1.77. The number of Topliss-reactive ketones (excluding diaryl/α,β-unsaturated/α-hetero) is 1. The van der Waals surface area contributed by atoms with Crippen LogP contribution < -0.4 is 27.4 Å². The number of benzene rings is 1. The van der Waals surface area contributed by atoms with Crippen LogP contribution in [0, 0.1) is 6.92 Å². The third kappa shape index (κ3) is 3.67. The van der Waals surface area contributed by atoms with E-state index < -0.39 is 17.2 Å². The van der Waals surface area contributed by atoms with Crippen molar-refractivity contribution >= 4 is 49.4 Å². The Morgan fingerprint density at radius 3 is 2.66 bits per heavy atom. The molecule has 2 heterocycles. The van der Waals surface area contributed by atoms with Crippen LogP contribution in [-0.4, -0.2) is 27.7 Å². The van der Waals surface area contributed by atoms with Crippen molar-refractivity contribution in [2.75, 3.05) is 5.32 Å². The maximum absolute atomic E-state index is 13.2. The Kier molecular flexibility index (Phi) is 5.77. The van der Waals surface area contributed by atoms with Crippen molar-refractivity contribution in [1.29, 1.82) is 0 Å². The van der Waals surface area contributed by atoms with Crippen LogP contribution in [0.2, 0.25) is 5.02 Å². The lowest BCUT2D eigenvalue weighted by atomic mass is 10.0. The van der Waals surface area contributed by atoms with E-state index in [4.69, 9.17) is 23.1 Å². The van der Waals surface area contributed by atoms with Crippen LogP contribution in [0.5, 0.6) is 0 Å². The van der Waals surface area contributed by atoms with Crippen molar-refractivity contribution in [2.24, 2.45) is 11.5 Å². The molecule has 1 aliphatic carbocycles. The molecule has 1 unspecified atom stereocenters. The van der Waals surface area contributed by atoms with Crippen molar-refractivity contribution < 1.29 is 14.4 Å². The van der Waals surface area contributed by atoms with Crippen molar-refractivity contribution in [3.05, 3.63) is 57.6 Å². The van der Waals surface area contributed by atoms with Crippen molar-refractivity contribution in [2.45, 2.75) is 44.7 Å². The van der Waals surface area contributed by atoms with Gasteiger partial charge in [0.05, 0.1) is 11.1 Å². The minimum absolute atomic E-state index is 0.286. The van der Waals surface area contributed by atoms with Crippen LogP contribution in [0.1, 0.15) is 51.4 Å². The average molecular weight is 474 g/mol.